The minimum atomic E-state index is -0.201. The van der Waals surface area contributed by atoms with Crippen LogP contribution in [0.3, 0.4) is 0 Å². The van der Waals surface area contributed by atoms with Crippen molar-refractivity contribution in [3.8, 4) is 5.75 Å². The summed E-state index contributed by atoms with van der Waals surface area (Å²) in [6, 6.07) is 5.13. The quantitative estimate of drug-likeness (QED) is 0.805. The number of rotatable bonds is 4. The molecule has 0 aliphatic rings. The molecule has 0 fully saturated rings. The lowest BCUT2D eigenvalue weighted by atomic mass is 10.1. The van der Waals surface area contributed by atoms with Crippen molar-refractivity contribution in [3.63, 3.8) is 0 Å². The lowest BCUT2D eigenvalue weighted by Crippen LogP contribution is -2.11. The van der Waals surface area contributed by atoms with Gasteiger partial charge in [-0.1, -0.05) is 11.6 Å². The molecule has 0 bridgehead atoms. The third-order valence-corrected chi connectivity index (χ3v) is 2.22. The number of hydrogen-bond acceptors (Lipinski definition) is 3. The molecular weight excluding hydrogens is 202 g/mol. The molecule has 4 heteroatoms. The van der Waals surface area contributed by atoms with Crippen LogP contribution in [-0.2, 0) is 0 Å². The van der Waals surface area contributed by atoms with Crippen LogP contribution < -0.4 is 10.5 Å². The Morgan fingerprint density at radius 3 is 2.79 bits per heavy atom. The van der Waals surface area contributed by atoms with Crippen molar-refractivity contribution < 1.29 is 9.84 Å². The second kappa shape index (κ2) is 5.20. The van der Waals surface area contributed by atoms with Gasteiger partial charge in [-0.3, -0.25) is 0 Å². The van der Waals surface area contributed by atoms with E-state index in [4.69, 9.17) is 27.2 Å². The minimum Gasteiger partial charge on any atom is -0.497 e. The number of methoxy groups -OCH3 is 1. The van der Waals surface area contributed by atoms with Crippen molar-refractivity contribution in [2.24, 2.45) is 5.73 Å². The second-order valence-corrected chi connectivity index (χ2v) is 3.48. The summed E-state index contributed by atoms with van der Waals surface area (Å²) in [5.41, 5.74) is 6.70. The Morgan fingerprint density at radius 2 is 2.21 bits per heavy atom. The van der Waals surface area contributed by atoms with Crippen LogP contribution in [0.5, 0.6) is 5.75 Å². The van der Waals surface area contributed by atoms with Gasteiger partial charge in [0.25, 0.3) is 0 Å². The summed E-state index contributed by atoms with van der Waals surface area (Å²) in [7, 11) is 1.58. The monoisotopic (exact) mass is 215 g/mol. The highest BCUT2D eigenvalue weighted by molar-refractivity contribution is 6.30. The van der Waals surface area contributed by atoms with Gasteiger partial charge < -0.3 is 15.6 Å². The molecule has 78 valence electrons. The van der Waals surface area contributed by atoms with Gasteiger partial charge in [-0.05, 0) is 30.2 Å². The van der Waals surface area contributed by atoms with Gasteiger partial charge in [-0.25, -0.2) is 0 Å². The molecule has 3 N–H and O–H groups in total. The molecule has 0 saturated heterocycles. The normalized spacial score (nSPS) is 12.6. The average molecular weight is 216 g/mol. The number of benzene rings is 1. The van der Waals surface area contributed by atoms with Gasteiger partial charge in [-0.15, -0.1) is 0 Å². The van der Waals surface area contributed by atoms with E-state index in [0.717, 1.165) is 5.56 Å². The van der Waals surface area contributed by atoms with Crippen molar-refractivity contribution in [2.45, 2.75) is 12.5 Å². The summed E-state index contributed by atoms with van der Waals surface area (Å²) in [6.45, 7) is 0.0655. The maximum Gasteiger partial charge on any atom is 0.120 e. The number of aliphatic hydroxyl groups is 1. The number of aliphatic hydroxyl groups excluding tert-OH is 1. The molecule has 3 nitrogen and oxygen atoms in total. The zero-order valence-corrected chi connectivity index (χ0v) is 8.79. The minimum absolute atomic E-state index is 0.0655. The first kappa shape index (κ1) is 11.3. The number of halogens is 1. The predicted molar refractivity (Wildman–Crippen MR) is 56.6 cm³/mol. The molecule has 1 unspecified atom stereocenters. The van der Waals surface area contributed by atoms with Gasteiger partial charge in [-0.2, -0.15) is 0 Å². The summed E-state index contributed by atoms with van der Waals surface area (Å²) in [5, 5.41) is 9.34. The van der Waals surface area contributed by atoms with Crippen LogP contribution in [0.25, 0.3) is 0 Å². The highest BCUT2D eigenvalue weighted by Crippen LogP contribution is 2.25. The first-order valence-electron chi connectivity index (χ1n) is 4.38. The van der Waals surface area contributed by atoms with Crippen LogP contribution in [0.15, 0.2) is 18.2 Å². The summed E-state index contributed by atoms with van der Waals surface area (Å²) in [6.07, 6.45) is 0.517. The van der Waals surface area contributed by atoms with Gasteiger partial charge >= 0.3 is 0 Å². The molecule has 0 amide bonds. The van der Waals surface area contributed by atoms with Crippen molar-refractivity contribution in [1.29, 1.82) is 0 Å². The maximum absolute atomic E-state index is 8.75. The van der Waals surface area contributed by atoms with Gasteiger partial charge in [0.05, 0.1) is 7.11 Å². The number of nitrogens with two attached hydrogens (primary N) is 1. The van der Waals surface area contributed by atoms with E-state index >= 15 is 0 Å². The molecule has 1 rings (SSSR count). The molecule has 0 saturated carbocycles. The van der Waals surface area contributed by atoms with Crippen LogP contribution in [0, 0.1) is 0 Å². The van der Waals surface area contributed by atoms with Crippen LogP contribution >= 0.6 is 11.6 Å². The third-order valence-electron chi connectivity index (χ3n) is 2.00. The smallest absolute Gasteiger partial charge is 0.120 e. The molecule has 14 heavy (non-hydrogen) atoms. The van der Waals surface area contributed by atoms with Crippen molar-refractivity contribution >= 4 is 11.6 Å². The summed E-state index contributed by atoms with van der Waals surface area (Å²) >= 11 is 5.87. The maximum atomic E-state index is 8.75. The molecule has 0 radical (unpaired) electrons. The molecule has 0 aliphatic carbocycles. The van der Waals surface area contributed by atoms with Crippen molar-refractivity contribution in [2.75, 3.05) is 13.7 Å². The molecule has 0 aliphatic heterocycles. The lowest BCUT2D eigenvalue weighted by Gasteiger charge is -2.12. The first-order chi connectivity index (χ1) is 6.67. The van der Waals surface area contributed by atoms with Gasteiger partial charge in [0.1, 0.15) is 5.75 Å². The Morgan fingerprint density at radius 1 is 1.50 bits per heavy atom. The van der Waals surface area contributed by atoms with Crippen LogP contribution in [-0.4, -0.2) is 18.8 Å². The van der Waals surface area contributed by atoms with E-state index < -0.39 is 0 Å². The van der Waals surface area contributed by atoms with Crippen LogP contribution in [0.1, 0.15) is 18.0 Å². The lowest BCUT2D eigenvalue weighted by molar-refractivity contribution is 0.276. The Labute approximate surface area is 88.4 Å². The Bertz CT molecular complexity index is 304. The SMILES string of the molecule is COc1cc(Cl)cc(C(N)CCO)c1. The standard InChI is InChI=1S/C10H14ClNO2/c1-14-9-5-7(4-8(11)6-9)10(12)2-3-13/h4-6,10,13H,2-3,12H2,1H3. The third kappa shape index (κ3) is 2.87. The zero-order valence-electron chi connectivity index (χ0n) is 8.03. The first-order valence-corrected chi connectivity index (χ1v) is 4.76. The average Bonchev–Trinajstić information content (AvgIpc) is 2.17. The van der Waals surface area contributed by atoms with Crippen molar-refractivity contribution in [1.82, 2.24) is 0 Å². The van der Waals surface area contributed by atoms with Gasteiger partial charge in [0.2, 0.25) is 0 Å². The molecule has 1 atom stereocenters. The molecular formula is C10H14ClNO2. The fourth-order valence-corrected chi connectivity index (χ4v) is 1.46. The molecule has 1 aromatic carbocycles. The van der Waals surface area contributed by atoms with Crippen LogP contribution in [0.2, 0.25) is 5.02 Å². The molecule has 0 aromatic heterocycles. The topological polar surface area (TPSA) is 55.5 Å². The van der Waals surface area contributed by atoms with E-state index in [2.05, 4.69) is 0 Å². The second-order valence-electron chi connectivity index (χ2n) is 3.04. The summed E-state index contributed by atoms with van der Waals surface area (Å²) < 4.78 is 5.06. The highest BCUT2D eigenvalue weighted by atomic mass is 35.5. The molecule has 1 aromatic rings. The zero-order chi connectivity index (χ0) is 10.6. The fraction of sp³-hybridized carbons (Fsp3) is 0.400. The van der Waals surface area contributed by atoms with E-state index in [0.29, 0.717) is 17.2 Å². The summed E-state index contributed by atoms with van der Waals surface area (Å²) in [4.78, 5) is 0. The fourth-order valence-electron chi connectivity index (χ4n) is 1.22. The largest absolute Gasteiger partial charge is 0.497 e. The molecule has 0 heterocycles. The Hall–Kier alpha value is -0.770. The number of hydrogen-bond donors (Lipinski definition) is 2. The Kier molecular flexibility index (Phi) is 4.20. The van der Waals surface area contributed by atoms with Gasteiger partial charge in [0.15, 0.2) is 0 Å². The number of ether oxygens (including phenoxy) is 1. The van der Waals surface area contributed by atoms with E-state index in [-0.39, 0.29) is 12.6 Å². The van der Waals surface area contributed by atoms with Crippen LogP contribution in [0.4, 0.5) is 0 Å². The van der Waals surface area contributed by atoms with Crippen molar-refractivity contribution in [3.05, 3.63) is 28.8 Å². The van der Waals surface area contributed by atoms with E-state index in [9.17, 15) is 0 Å². The van der Waals surface area contributed by atoms with E-state index in [1.54, 1.807) is 19.2 Å². The highest BCUT2D eigenvalue weighted by Gasteiger charge is 2.07. The molecule has 0 spiro atoms. The Balaban J connectivity index is 2.90. The van der Waals surface area contributed by atoms with E-state index in [1.807, 2.05) is 6.07 Å². The predicted octanol–water partition coefficient (Wildman–Crippen LogP) is 1.73. The summed E-state index contributed by atoms with van der Waals surface area (Å²) in [5.74, 6) is 0.681. The van der Waals surface area contributed by atoms with E-state index in [1.165, 1.54) is 0 Å². The van der Waals surface area contributed by atoms with Gasteiger partial charge in [0, 0.05) is 17.7 Å².